The number of benzene rings is 2. The molecule has 0 aliphatic heterocycles. The summed E-state index contributed by atoms with van der Waals surface area (Å²) in [4.78, 5) is 12.4. The topological polar surface area (TPSA) is 51.2 Å². The van der Waals surface area contributed by atoms with Crippen LogP contribution in [-0.4, -0.2) is 20.0 Å². The van der Waals surface area contributed by atoms with Crippen LogP contribution in [0.25, 0.3) is 0 Å². The van der Waals surface area contributed by atoms with E-state index in [0.717, 1.165) is 0 Å². The highest BCUT2D eigenvalue weighted by Gasteiger charge is 2.13. The lowest BCUT2D eigenvalue weighted by atomic mass is 10.0. The quantitative estimate of drug-likeness (QED) is 0.805. The van der Waals surface area contributed by atoms with Gasteiger partial charge in [-0.15, -0.1) is 0 Å². The summed E-state index contributed by atoms with van der Waals surface area (Å²) in [7, 11) is -3.22. The van der Waals surface area contributed by atoms with Crippen LogP contribution in [0.2, 0.25) is 0 Å². The van der Waals surface area contributed by atoms with Gasteiger partial charge in [-0.25, -0.2) is 8.42 Å². The minimum atomic E-state index is -3.22. The van der Waals surface area contributed by atoms with E-state index in [1.54, 1.807) is 43.3 Å². The van der Waals surface area contributed by atoms with Crippen LogP contribution < -0.4 is 0 Å². The van der Waals surface area contributed by atoms with Crippen molar-refractivity contribution in [3.63, 3.8) is 0 Å². The number of rotatable bonds is 4. The van der Waals surface area contributed by atoms with Gasteiger partial charge >= 0.3 is 0 Å². The van der Waals surface area contributed by atoms with Gasteiger partial charge in [-0.3, -0.25) is 4.79 Å². The summed E-state index contributed by atoms with van der Waals surface area (Å²) in [6.07, 6.45) is 0. The molecule has 2 rings (SSSR count). The second-order valence-electron chi connectivity index (χ2n) is 4.12. The van der Waals surface area contributed by atoms with Gasteiger partial charge in [-0.05, 0) is 24.3 Å². The van der Waals surface area contributed by atoms with Gasteiger partial charge in [-0.2, -0.15) is 0 Å². The number of hydrogen-bond acceptors (Lipinski definition) is 3. The van der Waals surface area contributed by atoms with E-state index in [4.69, 9.17) is 0 Å². The van der Waals surface area contributed by atoms with Crippen molar-refractivity contribution in [3.05, 3.63) is 65.7 Å². The molecule has 0 aliphatic rings. The summed E-state index contributed by atoms with van der Waals surface area (Å²) in [6.45, 7) is 1.60. The molecular formula is C15H14O3S. The highest BCUT2D eigenvalue weighted by molar-refractivity contribution is 7.91. The first-order chi connectivity index (χ1) is 9.04. The molecule has 0 aromatic heterocycles. The molecule has 3 nitrogen and oxygen atoms in total. The second-order valence-corrected chi connectivity index (χ2v) is 6.40. The summed E-state index contributed by atoms with van der Waals surface area (Å²) in [6, 6.07) is 15.0. The molecular weight excluding hydrogens is 260 g/mol. The van der Waals surface area contributed by atoms with E-state index in [1.165, 1.54) is 12.1 Å². The first-order valence-electron chi connectivity index (χ1n) is 5.97. The average Bonchev–Trinajstić information content (AvgIpc) is 2.47. The number of sulfone groups is 1. The predicted octanol–water partition coefficient (Wildman–Crippen LogP) is 2.71. The Morgan fingerprint density at radius 3 is 1.95 bits per heavy atom. The Morgan fingerprint density at radius 1 is 0.895 bits per heavy atom. The van der Waals surface area contributed by atoms with E-state index in [0.29, 0.717) is 11.1 Å². The van der Waals surface area contributed by atoms with Crippen molar-refractivity contribution >= 4 is 15.6 Å². The zero-order valence-electron chi connectivity index (χ0n) is 10.5. The third-order valence-corrected chi connectivity index (χ3v) is 4.64. The van der Waals surface area contributed by atoms with Crippen LogP contribution in [0.1, 0.15) is 22.8 Å². The van der Waals surface area contributed by atoms with Gasteiger partial charge in [0.25, 0.3) is 0 Å². The van der Waals surface area contributed by atoms with Gasteiger partial charge < -0.3 is 0 Å². The average molecular weight is 274 g/mol. The van der Waals surface area contributed by atoms with E-state index in [9.17, 15) is 13.2 Å². The minimum Gasteiger partial charge on any atom is -0.289 e. The zero-order chi connectivity index (χ0) is 13.9. The van der Waals surface area contributed by atoms with Crippen LogP contribution >= 0.6 is 0 Å². The molecule has 2 aromatic rings. The number of carbonyl (C=O) groups is 1. The largest absolute Gasteiger partial charge is 0.289 e. The molecule has 0 fully saturated rings. The highest BCUT2D eigenvalue weighted by atomic mass is 32.2. The minimum absolute atomic E-state index is 0.0545. The molecule has 0 spiro atoms. The van der Waals surface area contributed by atoms with Crippen LogP contribution in [0.15, 0.2) is 59.5 Å². The Hall–Kier alpha value is -1.94. The molecule has 0 saturated carbocycles. The van der Waals surface area contributed by atoms with Crippen molar-refractivity contribution in [2.75, 3.05) is 5.75 Å². The standard InChI is InChI=1S/C15H14O3S/c1-2-19(17,18)14-10-8-13(9-11-14)15(16)12-6-4-3-5-7-12/h3-11H,2H2,1H3. The molecule has 98 valence electrons. The molecule has 0 amide bonds. The molecule has 2 aromatic carbocycles. The summed E-state index contributed by atoms with van der Waals surface area (Å²) in [5, 5.41) is 0. The van der Waals surface area contributed by atoms with Gasteiger partial charge in [0.1, 0.15) is 0 Å². The van der Waals surface area contributed by atoms with Crippen molar-refractivity contribution < 1.29 is 13.2 Å². The molecule has 19 heavy (non-hydrogen) atoms. The Labute approximate surface area is 112 Å². The second kappa shape index (κ2) is 5.36. The summed E-state index contributed by atoms with van der Waals surface area (Å²) >= 11 is 0. The summed E-state index contributed by atoms with van der Waals surface area (Å²) in [5.41, 5.74) is 1.08. The third-order valence-electron chi connectivity index (χ3n) is 2.89. The van der Waals surface area contributed by atoms with Crippen LogP contribution in [0.5, 0.6) is 0 Å². The molecule has 0 heterocycles. The van der Waals surface area contributed by atoms with E-state index in [-0.39, 0.29) is 16.4 Å². The van der Waals surface area contributed by atoms with E-state index in [1.807, 2.05) is 6.07 Å². The van der Waals surface area contributed by atoms with Gasteiger partial charge in [0.2, 0.25) is 0 Å². The summed E-state index contributed by atoms with van der Waals surface area (Å²) < 4.78 is 23.3. The SMILES string of the molecule is CCS(=O)(=O)c1ccc(C(=O)c2ccccc2)cc1. The Kier molecular flexibility index (Phi) is 3.81. The summed E-state index contributed by atoms with van der Waals surface area (Å²) in [5.74, 6) is -0.0556. The lowest BCUT2D eigenvalue weighted by Crippen LogP contribution is -2.05. The number of carbonyl (C=O) groups excluding carboxylic acids is 1. The normalized spacial score (nSPS) is 11.2. The molecule has 0 saturated heterocycles. The van der Waals surface area contributed by atoms with E-state index >= 15 is 0 Å². The van der Waals surface area contributed by atoms with Crippen LogP contribution in [0.3, 0.4) is 0 Å². The van der Waals surface area contributed by atoms with Gasteiger partial charge in [-0.1, -0.05) is 37.3 Å². The van der Waals surface area contributed by atoms with E-state index < -0.39 is 9.84 Å². The van der Waals surface area contributed by atoms with Crippen molar-refractivity contribution in [1.29, 1.82) is 0 Å². The zero-order valence-corrected chi connectivity index (χ0v) is 11.4. The maximum Gasteiger partial charge on any atom is 0.193 e. The molecule has 0 bridgehead atoms. The number of ketones is 1. The lowest BCUT2D eigenvalue weighted by Gasteiger charge is -2.04. The molecule has 4 heteroatoms. The monoisotopic (exact) mass is 274 g/mol. The Bertz CT molecular complexity index is 671. The van der Waals surface area contributed by atoms with Crippen LogP contribution in [0.4, 0.5) is 0 Å². The Morgan fingerprint density at radius 2 is 1.42 bits per heavy atom. The van der Waals surface area contributed by atoms with Crippen LogP contribution in [0, 0.1) is 0 Å². The van der Waals surface area contributed by atoms with Crippen molar-refractivity contribution in [1.82, 2.24) is 0 Å². The molecule has 0 atom stereocenters. The fourth-order valence-electron chi connectivity index (χ4n) is 1.74. The highest BCUT2D eigenvalue weighted by Crippen LogP contribution is 2.15. The van der Waals surface area contributed by atoms with Crippen molar-refractivity contribution in [2.24, 2.45) is 0 Å². The number of hydrogen-bond donors (Lipinski definition) is 0. The third kappa shape index (κ3) is 2.90. The van der Waals surface area contributed by atoms with E-state index in [2.05, 4.69) is 0 Å². The van der Waals surface area contributed by atoms with Crippen LogP contribution in [-0.2, 0) is 9.84 Å². The molecule has 0 N–H and O–H groups in total. The maximum absolute atomic E-state index is 12.1. The van der Waals surface area contributed by atoms with Crippen molar-refractivity contribution in [3.8, 4) is 0 Å². The molecule has 0 unspecified atom stereocenters. The maximum atomic E-state index is 12.1. The van der Waals surface area contributed by atoms with Gasteiger partial charge in [0.15, 0.2) is 15.6 Å². The molecule has 0 radical (unpaired) electrons. The van der Waals surface area contributed by atoms with Crippen molar-refractivity contribution in [2.45, 2.75) is 11.8 Å². The first kappa shape index (κ1) is 13.5. The smallest absolute Gasteiger partial charge is 0.193 e. The Balaban J connectivity index is 2.32. The fourth-order valence-corrected chi connectivity index (χ4v) is 2.62. The van der Waals surface area contributed by atoms with Gasteiger partial charge in [0, 0.05) is 11.1 Å². The fraction of sp³-hybridized carbons (Fsp3) is 0.133. The van der Waals surface area contributed by atoms with Gasteiger partial charge in [0.05, 0.1) is 10.6 Å². The predicted molar refractivity (Wildman–Crippen MR) is 74.0 cm³/mol. The lowest BCUT2D eigenvalue weighted by molar-refractivity contribution is 0.103. The molecule has 0 aliphatic carbocycles. The first-order valence-corrected chi connectivity index (χ1v) is 7.62.